The second kappa shape index (κ2) is 4.46. The first-order valence-electron chi connectivity index (χ1n) is 8.21. The molecule has 1 saturated heterocycles. The molecule has 0 radical (unpaired) electrons. The number of rotatable bonds is 2. The summed E-state index contributed by atoms with van der Waals surface area (Å²) in [4.78, 5) is 12.7. The first-order valence-corrected chi connectivity index (χ1v) is 8.21. The summed E-state index contributed by atoms with van der Waals surface area (Å²) in [5.74, 6) is 0.778. The second-order valence-corrected chi connectivity index (χ2v) is 8.32. The van der Waals surface area contributed by atoms with Gasteiger partial charge >= 0.3 is 5.97 Å². The molecule has 3 aliphatic rings. The molecule has 1 N–H and O–H groups in total. The Kier molecular flexibility index (Phi) is 3.20. The number of ether oxygens (including phenoxy) is 1. The van der Waals surface area contributed by atoms with Crippen molar-refractivity contribution < 1.29 is 9.53 Å². The third kappa shape index (κ3) is 1.85. The van der Waals surface area contributed by atoms with E-state index in [1.807, 2.05) is 0 Å². The Morgan fingerprint density at radius 1 is 1.10 bits per heavy atom. The molecule has 20 heavy (non-hydrogen) atoms. The Balaban J connectivity index is 1.72. The predicted molar refractivity (Wildman–Crippen MR) is 79.3 cm³/mol. The third-order valence-corrected chi connectivity index (χ3v) is 7.16. The lowest BCUT2D eigenvalue weighted by Gasteiger charge is -2.40. The summed E-state index contributed by atoms with van der Waals surface area (Å²) < 4.78 is 6.06. The zero-order chi connectivity index (χ0) is 14.6. The lowest BCUT2D eigenvalue weighted by atomic mass is 9.70. The van der Waals surface area contributed by atoms with Gasteiger partial charge in [0, 0.05) is 5.41 Å². The van der Waals surface area contributed by atoms with Crippen molar-refractivity contribution in [1.29, 1.82) is 0 Å². The van der Waals surface area contributed by atoms with E-state index in [1.54, 1.807) is 0 Å². The second-order valence-electron chi connectivity index (χ2n) is 8.32. The standard InChI is InChI=1S/C17H29NO2/c1-15(2)12-5-6-17(15,4)13(11-12)20-14(19)16(3)7-9-18-10-8-16/h12-13,18H,5-11H2,1-4H3. The minimum atomic E-state index is -0.270. The number of hydrogen-bond acceptors (Lipinski definition) is 3. The normalized spacial score (nSPS) is 41.6. The van der Waals surface area contributed by atoms with Crippen molar-refractivity contribution in [2.45, 2.75) is 65.9 Å². The molecule has 3 nitrogen and oxygen atoms in total. The summed E-state index contributed by atoms with van der Waals surface area (Å²) in [6, 6.07) is 0. The van der Waals surface area contributed by atoms with E-state index in [4.69, 9.17) is 4.74 Å². The summed E-state index contributed by atoms with van der Waals surface area (Å²) in [6.45, 7) is 11.0. The lowest BCUT2D eigenvalue weighted by molar-refractivity contribution is -0.170. The molecule has 0 aromatic carbocycles. The molecule has 2 bridgehead atoms. The Labute approximate surface area is 122 Å². The number of carbonyl (C=O) groups excluding carboxylic acids is 1. The van der Waals surface area contributed by atoms with Gasteiger partial charge in [-0.05, 0) is 63.5 Å². The van der Waals surface area contributed by atoms with Crippen molar-refractivity contribution in [2.75, 3.05) is 13.1 Å². The van der Waals surface area contributed by atoms with Crippen LogP contribution < -0.4 is 5.32 Å². The molecule has 0 amide bonds. The number of nitrogens with one attached hydrogen (secondary N) is 1. The van der Waals surface area contributed by atoms with Crippen LogP contribution in [-0.4, -0.2) is 25.2 Å². The molecular formula is C17H29NO2. The molecule has 3 heteroatoms. The number of hydrogen-bond donors (Lipinski definition) is 1. The van der Waals surface area contributed by atoms with Crippen molar-refractivity contribution in [3.05, 3.63) is 0 Å². The van der Waals surface area contributed by atoms with Crippen LogP contribution in [0.5, 0.6) is 0 Å². The Hall–Kier alpha value is -0.570. The molecule has 3 fully saturated rings. The average Bonchev–Trinajstić information content (AvgIpc) is 2.73. The van der Waals surface area contributed by atoms with Gasteiger partial charge in [0.2, 0.25) is 0 Å². The van der Waals surface area contributed by atoms with Gasteiger partial charge in [-0.1, -0.05) is 20.8 Å². The van der Waals surface area contributed by atoms with E-state index in [0.717, 1.165) is 38.3 Å². The minimum absolute atomic E-state index is 0.0496. The zero-order valence-electron chi connectivity index (χ0n) is 13.4. The van der Waals surface area contributed by atoms with E-state index in [9.17, 15) is 4.79 Å². The van der Waals surface area contributed by atoms with Gasteiger partial charge in [0.05, 0.1) is 5.41 Å². The summed E-state index contributed by atoms with van der Waals surface area (Å²) in [6.07, 6.45) is 5.53. The molecule has 0 aromatic rings. The zero-order valence-corrected chi connectivity index (χ0v) is 13.4. The van der Waals surface area contributed by atoms with Gasteiger partial charge in [0.25, 0.3) is 0 Å². The highest BCUT2D eigenvalue weighted by Gasteiger charge is 2.63. The van der Waals surface area contributed by atoms with Gasteiger partial charge in [-0.2, -0.15) is 0 Å². The molecule has 0 aromatic heterocycles. The predicted octanol–water partition coefficient (Wildman–Crippen LogP) is 3.13. The van der Waals surface area contributed by atoms with Crippen molar-refractivity contribution in [2.24, 2.45) is 22.2 Å². The Bertz CT molecular complexity index is 411. The molecule has 114 valence electrons. The van der Waals surface area contributed by atoms with Crippen molar-refractivity contribution in [3.63, 3.8) is 0 Å². The van der Waals surface area contributed by atoms with Crippen LogP contribution in [0.15, 0.2) is 0 Å². The highest BCUT2D eigenvalue weighted by Crippen LogP contribution is 2.66. The van der Waals surface area contributed by atoms with Crippen LogP contribution in [0.4, 0.5) is 0 Å². The van der Waals surface area contributed by atoms with E-state index in [1.165, 1.54) is 12.8 Å². The fraction of sp³-hybridized carbons (Fsp3) is 0.941. The molecule has 2 saturated carbocycles. The number of esters is 1. The van der Waals surface area contributed by atoms with Gasteiger partial charge < -0.3 is 10.1 Å². The molecule has 1 aliphatic heterocycles. The molecule has 0 spiro atoms. The fourth-order valence-electron chi connectivity index (χ4n) is 4.76. The van der Waals surface area contributed by atoms with Crippen LogP contribution in [0.2, 0.25) is 0 Å². The SMILES string of the molecule is CC1(C(=O)OC2CC3CCC2(C)C3(C)C)CCNCC1. The van der Waals surface area contributed by atoms with E-state index in [0.29, 0.717) is 5.41 Å². The molecule has 3 rings (SSSR count). The van der Waals surface area contributed by atoms with E-state index >= 15 is 0 Å². The molecule has 3 atom stereocenters. The molecular weight excluding hydrogens is 250 g/mol. The summed E-state index contributed by atoms with van der Waals surface area (Å²) in [5.41, 5.74) is 0.219. The fourth-order valence-corrected chi connectivity index (χ4v) is 4.76. The Morgan fingerprint density at radius 3 is 2.25 bits per heavy atom. The largest absolute Gasteiger partial charge is 0.461 e. The van der Waals surface area contributed by atoms with Crippen molar-refractivity contribution in [3.8, 4) is 0 Å². The molecule has 2 aliphatic carbocycles. The highest BCUT2D eigenvalue weighted by molar-refractivity contribution is 5.76. The van der Waals surface area contributed by atoms with Crippen LogP contribution in [0.1, 0.15) is 59.8 Å². The molecule has 3 unspecified atom stereocenters. The third-order valence-electron chi connectivity index (χ3n) is 7.16. The Morgan fingerprint density at radius 2 is 1.75 bits per heavy atom. The van der Waals surface area contributed by atoms with Crippen LogP contribution in [0, 0.1) is 22.2 Å². The van der Waals surface area contributed by atoms with Crippen LogP contribution >= 0.6 is 0 Å². The maximum atomic E-state index is 12.7. The van der Waals surface area contributed by atoms with Crippen molar-refractivity contribution >= 4 is 5.97 Å². The smallest absolute Gasteiger partial charge is 0.312 e. The van der Waals surface area contributed by atoms with Crippen LogP contribution in [-0.2, 0) is 9.53 Å². The first kappa shape index (κ1) is 14.4. The van der Waals surface area contributed by atoms with Gasteiger partial charge in [0.1, 0.15) is 6.10 Å². The monoisotopic (exact) mass is 279 g/mol. The minimum Gasteiger partial charge on any atom is -0.461 e. The van der Waals surface area contributed by atoms with Crippen molar-refractivity contribution in [1.82, 2.24) is 5.32 Å². The molecule has 1 heterocycles. The van der Waals surface area contributed by atoms with E-state index in [2.05, 4.69) is 33.0 Å². The number of carbonyl (C=O) groups is 1. The summed E-state index contributed by atoms with van der Waals surface area (Å²) in [5, 5.41) is 3.33. The average molecular weight is 279 g/mol. The van der Waals surface area contributed by atoms with Crippen LogP contribution in [0.25, 0.3) is 0 Å². The maximum Gasteiger partial charge on any atom is 0.312 e. The van der Waals surface area contributed by atoms with Gasteiger partial charge in [-0.15, -0.1) is 0 Å². The quantitative estimate of drug-likeness (QED) is 0.789. The highest BCUT2D eigenvalue weighted by atomic mass is 16.5. The van der Waals surface area contributed by atoms with Crippen LogP contribution in [0.3, 0.4) is 0 Å². The topological polar surface area (TPSA) is 38.3 Å². The number of piperidine rings is 1. The van der Waals surface area contributed by atoms with Gasteiger partial charge in [-0.3, -0.25) is 4.79 Å². The number of fused-ring (bicyclic) bond motifs is 2. The van der Waals surface area contributed by atoms with Gasteiger partial charge in [-0.25, -0.2) is 0 Å². The summed E-state index contributed by atoms with van der Waals surface area (Å²) in [7, 11) is 0. The van der Waals surface area contributed by atoms with E-state index < -0.39 is 0 Å². The van der Waals surface area contributed by atoms with E-state index in [-0.39, 0.29) is 22.9 Å². The van der Waals surface area contributed by atoms with Gasteiger partial charge in [0.15, 0.2) is 0 Å². The first-order chi connectivity index (χ1) is 9.30. The lowest BCUT2D eigenvalue weighted by Crippen LogP contribution is -2.45. The summed E-state index contributed by atoms with van der Waals surface area (Å²) >= 11 is 0. The maximum absolute atomic E-state index is 12.7.